The minimum atomic E-state index is -0.448. The summed E-state index contributed by atoms with van der Waals surface area (Å²) in [7, 11) is 1.92. The standard InChI is InChI=1S/C19H18FN5OS/c1-24-16(9-13-12-3-2-4-14(20)17(12)21-18(13)26)22-23-19(24)25-7-5-15-11(10-25)6-8-27-15/h2-4,6,8,13H,5,7,9-10H2,1H3,(H,21,26). The largest absolute Gasteiger partial charge is 0.336 e. The first-order valence-corrected chi connectivity index (χ1v) is 9.77. The molecule has 1 aromatic carbocycles. The highest BCUT2D eigenvalue weighted by atomic mass is 32.1. The SMILES string of the molecule is Cn1c(CC2C(=O)Nc3c(F)cccc32)nnc1N1CCc2sccc2C1. The van der Waals surface area contributed by atoms with Gasteiger partial charge in [-0.3, -0.25) is 4.79 Å². The summed E-state index contributed by atoms with van der Waals surface area (Å²) in [4.78, 5) is 16.0. The molecule has 0 saturated carbocycles. The second-order valence-corrected chi connectivity index (χ2v) is 7.97. The second kappa shape index (κ2) is 6.16. The van der Waals surface area contributed by atoms with Crippen molar-refractivity contribution in [2.75, 3.05) is 16.8 Å². The Morgan fingerprint density at radius 1 is 1.33 bits per heavy atom. The van der Waals surface area contributed by atoms with Crippen molar-refractivity contribution in [1.82, 2.24) is 14.8 Å². The average Bonchev–Trinajstić information content (AvgIpc) is 3.35. The van der Waals surface area contributed by atoms with Gasteiger partial charge in [0.05, 0.1) is 11.6 Å². The van der Waals surface area contributed by atoms with Crippen molar-refractivity contribution < 1.29 is 9.18 Å². The number of anilines is 2. The smallest absolute Gasteiger partial charge is 0.232 e. The van der Waals surface area contributed by atoms with Crippen molar-refractivity contribution in [3.63, 3.8) is 0 Å². The molecule has 6 nitrogen and oxygen atoms in total. The lowest BCUT2D eigenvalue weighted by molar-refractivity contribution is -0.117. The third-order valence-electron chi connectivity index (χ3n) is 5.41. The summed E-state index contributed by atoms with van der Waals surface area (Å²) in [6.07, 6.45) is 1.40. The molecule has 8 heteroatoms. The molecule has 4 heterocycles. The highest BCUT2D eigenvalue weighted by Crippen LogP contribution is 2.36. The maximum Gasteiger partial charge on any atom is 0.232 e. The molecule has 138 valence electrons. The van der Waals surface area contributed by atoms with Gasteiger partial charge in [0.1, 0.15) is 11.6 Å². The highest BCUT2D eigenvalue weighted by Gasteiger charge is 2.34. The van der Waals surface area contributed by atoms with Crippen LogP contribution in [0, 0.1) is 5.82 Å². The molecule has 0 fully saturated rings. The number of halogens is 1. The topological polar surface area (TPSA) is 63.1 Å². The lowest BCUT2D eigenvalue weighted by atomic mass is 9.97. The van der Waals surface area contributed by atoms with Crippen LogP contribution < -0.4 is 10.2 Å². The summed E-state index contributed by atoms with van der Waals surface area (Å²) in [5, 5.41) is 13.5. The Labute approximate surface area is 159 Å². The predicted octanol–water partition coefficient (Wildman–Crippen LogP) is 2.86. The van der Waals surface area contributed by atoms with Crippen molar-refractivity contribution in [2.45, 2.75) is 25.3 Å². The molecule has 5 rings (SSSR count). The van der Waals surface area contributed by atoms with Gasteiger partial charge >= 0.3 is 0 Å². The molecule has 1 amide bonds. The van der Waals surface area contributed by atoms with E-state index in [0.29, 0.717) is 12.0 Å². The van der Waals surface area contributed by atoms with Crippen molar-refractivity contribution in [3.05, 3.63) is 57.3 Å². The summed E-state index contributed by atoms with van der Waals surface area (Å²) in [5.74, 6) is 0.483. The van der Waals surface area contributed by atoms with Crippen LogP contribution >= 0.6 is 11.3 Å². The summed E-state index contributed by atoms with van der Waals surface area (Å²) in [5.41, 5.74) is 2.32. The van der Waals surface area contributed by atoms with Gasteiger partial charge in [-0.05, 0) is 35.1 Å². The van der Waals surface area contributed by atoms with Gasteiger partial charge in [-0.15, -0.1) is 21.5 Å². The molecule has 0 bridgehead atoms. The van der Waals surface area contributed by atoms with Gasteiger partial charge < -0.3 is 14.8 Å². The molecule has 1 atom stereocenters. The van der Waals surface area contributed by atoms with E-state index in [9.17, 15) is 9.18 Å². The summed E-state index contributed by atoms with van der Waals surface area (Å²) in [6.45, 7) is 1.72. The minimum absolute atomic E-state index is 0.194. The van der Waals surface area contributed by atoms with Gasteiger partial charge in [0.2, 0.25) is 11.9 Å². The highest BCUT2D eigenvalue weighted by molar-refractivity contribution is 7.10. The van der Waals surface area contributed by atoms with Crippen LogP contribution in [-0.2, 0) is 31.2 Å². The van der Waals surface area contributed by atoms with Gasteiger partial charge in [-0.2, -0.15) is 0 Å². The summed E-state index contributed by atoms with van der Waals surface area (Å²) < 4.78 is 15.9. The molecule has 1 N–H and O–H groups in total. The number of nitrogens with zero attached hydrogens (tertiary/aromatic N) is 4. The van der Waals surface area contributed by atoms with Crippen LogP contribution in [0.1, 0.15) is 27.7 Å². The van der Waals surface area contributed by atoms with Crippen molar-refractivity contribution in [2.24, 2.45) is 7.05 Å². The van der Waals surface area contributed by atoms with Crippen LogP contribution in [0.4, 0.5) is 16.0 Å². The van der Waals surface area contributed by atoms with Crippen molar-refractivity contribution in [3.8, 4) is 0 Å². The van der Waals surface area contributed by atoms with Crippen LogP contribution in [0.2, 0.25) is 0 Å². The summed E-state index contributed by atoms with van der Waals surface area (Å²) in [6, 6.07) is 6.95. The zero-order valence-corrected chi connectivity index (χ0v) is 15.6. The number of thiophene rings is 1. The van der Waals surface area contributed by atoms with E-state index in [1.165, 1.54) is 16.5 Å². The number of nitrogens with one attached hydrogen (secondary N) is 1. The fraction of sp³-hybridized carbons (Fsp3) is 0.316. The molecule has 2 aliphatic rings. The fourth-order valence-electron chi connectivity index (χ4n) is 3.92. The van der Waals surface area contributed by atoms with E-state index in [2.05, 4.69) is 31.9 Å². The average molecular weight is 383 g/mol. The monoisotopic (exact) mass is 383 g/mol. The Hall–Kier alpha value is -2.74. The Bertz CT molecular complexity index is 1040. The molecule has 27 heavy (non-hydrogen) atoms. The van der Waals surface area contributed by atoms with E-state index < -0.39 is 11.7 Å². The van der Waals surface area contributed by atoms with E-state index >= 15 is 0 Å². The number of carbonyl (C=O) groups is 1. The molecule has 0 radical (unpaired) electrons. The predicted molar refractivity (Wildman–Crippen MR) is 102 cm³/mol. The van der Waals surface area contributed by atoms with Gasteiger partial charge in [0.25, 0.3) is 0 Å². The number of hydrogen-bond donors (Lipinski definition) is 1. The molecule has 0 saturated heterocycles. The van der Waals surface area contributed by atoms with Crippen molar-refractivity contribution in [1.29, 1.82) is 0 Å². The minimum Gasteiger partial charge on any atom is -0.336 e. The van der Waals surface area contributed by atoms with Gasteiger partial charge in [0, 0.05) is 31.4 Å². The Morgan fingerprint density at radius 3 is 3.11 bits per heavy atom. The van der Waals surface area contributed by atoms with Gasteiger partial charge in [-0.25, -0.2) is 4.39 Å². The normalized spacial score (nSPS) is 18.4. The van der Waals surface area contributed by atoms with Crippen LogP contribution in [0.3, 0.4) is 0 Å². The number of amides is 1. The van der Waals surface area contributed by atoms with Crippen LogP contribution in [0.15, 0.2) is 29.6 Å². The first-order valence-electron chi connectivity index (χ1n) is 8.89. The third-order valence-corrected chi connectivity index (χ3v) is 6.43. The maximum absolute atomic E-state index is 13.9. The zero-order valence-electron chi connectivity index (χ0n) is 14.8. The number of para-hydroxylation sites is 1. The second-order valence-electron chi connectivity index (χ2n) is 6.97. The quantitative estimate of drug-likeness (QED) is 0.756. The van der Waals surface area contributed by atoms with E-state index in [1.54, 1.807) is 23.5 Å². The maximum atomic E-state index is 13.9. The zero-order chi connectivity index (χ0) is 18.5. The molecule has 3 aromatic rings. The van der Waals surface area contributed by atoms with Gasteiger partial charge in [-0.1, -0.05) is 12.1 Å². The molecular weight excluding hydrogens is 365 g/mol. The number of benzene rings is 1. The molecular formula is C19H18FN5OS. The number of carbonyl (C=O) groups excluding carboxylic acids is 1. The molecule has 2 aromatic heterocycles. The van der Waals surface area contributed by atoms with Gasteiger partial charge in [0.15, 0.2) is 0 Å². The number of aromatic nitrogens is 3. The molecule has 2 aliphatic heterocycles. The molecule has 1 unspecified atom stereocenters. The van der Waals surface area contributed by atoms with E-state index in [1.807, 2.05) is 11.6 Å². The van der Waals surface area contributed by atoms with Crippen LogP contribution in [0.5, 0.6) is 0 Å². The van der Waals surface area contributed by atoms with E-state index in [4.69, 9.17) is 0 Å². The number of rotatable bonds is 3. The number of hydrogen-bond acceptors (Lipinski definition) is 5. The fourth-order valence-corrected chi connectivity index (χ4v) is 4.81. The Balaban J connectivity index is 1.41. The lowest BCUT2D eigenvalue weighted by Gasteiger charge is -2.27. The van der Waals surface area contributed by atoms with Crippen molar-refractivity contribution >= 4 is 28.9 Å². The molecule has 0 aliphatic carbocycles. The molecule has 0 spiro atoms. The van der Waals surface area contributed by atoms with Crippen LogP contribution in [0.25, 0.3) is 0 Å². The van der Waals surface area contributed by atoms with Crippen LogP contribution in [-0.4, -0.2) is 27.2 Å². The summed E-state index contributed by atoms with van der Waals surface area (Å²) >= 11 is 1.80. The first-order chi connectivity index (χ1) is 13.1. The van der Waals surface area contributed by atoms with E-state index in [0.717, 1.165) is 31.3 Å². The van der Waals surface area contributed by atoms with E-state index in [-0.39, 0.29) is 11.6 Å². The third kappa shape index (κ3) is 2.63. The Kier molecular flexibility index (Phi) is 3.75. The number of fused-ring (bicyclic) bond motifs is 2. The first kappa shape index (κ1) is 16.4. The lowest BCUT2D eigenvalue weighted by Crippen LogP contribution is -2.31. The Morgan fingerprint density at radius 2 is 2.22 bits per heavy atom.